The van der Waals surface area contributed by atoms with Crippen LogP contribution in [0.2, 0.25) is 0 Å². The van der Waals surface area contributed by atoms with Gasteiger partial charge in [-0.2, -0.15) is 0 Å². The molecule has 1 aliphatic rings. The van der Waals surface area contributed by atoms with Gasteiger partial charge in [0.05, 0.1) is 12.5 Å². The number of hydrogen-bond acceptors (Lipinski definition) is 3. The smallest absolute Gasteiger partial charge is 0.225 e. The molecule has 1 atom stereocenters. The molecule has 16 heavy (non-hydrogen) atoms. The Kier molecular flexibility index (Phi) is 6.95. The van der Waals surface area contributed by atoms with E-state index in [9.17, 15) is 4.79 Å². The first-order chi connectivity index (χ1) is 7.10. The second-order valence-corrected chi connectivity index (χ2v) is 4.42. The Labute approximate surface area is 104 Å². The van der Waals surface area contributed by atoms with Crippen molar-refractivity contribution in [2.24, 2.45) is 5.73 Å². The first-order valence-electron chi connectivity index (χ1n) is 5.64. The van der Waals surface area contributed by atoms with Crippen molar-refractivity contribution in [3.05, 3.63) is 0 Å². The number of nitrogens with zero attached hydrogens (tertiary/aromatic N) is 1. The van der Waals surface area contributed by atoms with Crippen LogP contribution in [0, 0.1) is 0 Å². The van der Waals surface area contributed by atoms with Gasteiger partial charge in [-0.25, -0.2) is 0 Å². The summed E-state index contributed by atoms with van der Waals surface area (Å²) in [5.74, 6) is 0.171. The van der Waals surface area contributed by atoms with E-state index in [1.165, 1.54) is 0 Å². The van der Waals surface area contributed by atoms with E-state index in [1.807, 2.05) is 4.90 Å². The van der Waals surface area contributed by atoms with Crippen LogP contribution in [0.1, 0.15) is 33.1 Å². The van der Waals surface area contributed by atoms with Gasteiger partial charge in [-0.05, 0) is 26.7 Å². The standard InChI is InChI=1S/C11H22N2O2.ClH/c1-8(2)13(9-4-5-9)11(14)6-10(7-12)15-3;/h8-10H,4-7,12H2,1-3H3;1H. The Morgan fingerprint density at radius 3 is 2.38 bits per heavy atom. The van der Waals surface area contributed by atoms with E-state index in [0.717, 1.165) is 12.8 Å². The van der Waals surface area contributed by atoms with Gasteiger partial charge in [0.2, 0.25) is 5.91 Å². The number of hydrogen-bond donors (Lipinski definition) is 1. The number of carbonyl (C=O) groups is 1. The summed E-state index contributed by atoms with van der Waals surface area (Å²) in [5, 5.41) is 0. The highest BCUT2D eigenvalue weighted by molar-refractivity contribution is 5.85. The van der Waals surface area contributed by atoms with E-state index in [0.29, 0.717) is 19.0 Å². The normalized spacial score (nSPS) is 16.8. The van der Waals surface area contributed by atoms with Crippen molar-refractivity contribution in [1.29, 1.82) is 0 Å². The fourth-order valence-electron chi connectivity index (χ4n) is 1.83. The molecule has 0 radical (unpaired) electrons. The maximum Gasteiger partial charge on any atom is 0.225 e. The Morgan fingerprint density at radius 1 is 1.50 bits per heavy atom. The fraction of sp³-hybridized carbons (Fsp3) is 0.909. The van der Waals surface area contributed by atoms with Gasteiger partial charge in [-0.15, -0.1) is 12.4 Å². The zero-order valence-electron chi connectivity index (χ0n) is 10.3. The molecule has 1 unspecified atom stereocenters. The van der Waals surface area contributed by atoms with Crippen LogP contribution < -0.4 is 5.73 Å². The minimum atomic E-state index is -0.141. The van der Waals surface area contributed by atoms with Crippen molar-refractivity contribution in [3.63, 3.8) is 0 Å². The monoisotopic (exact) mass is 250 g/mol. The summed E-state index contributed by atoms with van der Waals surface area (Å²) in [6.07, 6.45) is 2.55. The van der Waals surface area contributed by atoms with Gasteiger partial charge in [-0.3, -0.25) is 4.79 Å². The predicted molar refractivity (Wildman–Crippen MR) is 66.7 cm³/mol. The highest BCUT2D eigenvalue weighted by atomic mass is 35.5. The molecule has 96 valence electrons. The molecule has 0 spiro atoms. The van der Waals surface area contributed by atoms with Gasteiger partial charge in [-0.1, -0.05) is 0 Å². The zero-order valence-corrected chi connectivity index (χ0v) is 11.1. The van der Waals surface area contributed by atoms with Crippen LogP contribution in [-0.2, 0) is 9.53 Å². The van der Waals surface area contributed by atoms with Gasteiger partial charge in [0.1, 0.15) is 0 Å². The lowest BCUT2D eigenvalue weighted by Crippen LogP contribution is -2.41. The first-order valence-corrected chi connectivity index (χ1v) is 5.64. The summed E-state index contributed by atoms with van der Waals surface area (Å²) in [6, 6.07) is 0.744. The molecule has 0 aliphatic heterocycles. The number of nitrogens with two attached hydrogens (primary N) is 1. The number of methoxy groups -OCH3 is 1. The number of rotatable bonds is 6. The summed E-state index contributed by atoms with van der Waals surface area (Å²) in [5.41, 5.74) is 5.50. The topological polar surface area (TPSA) is 55.6 Å². The van der Waals surface area contributed by atoms with Gasteiger partial charge >= 0.3 is 0 Å². The van der Waals surface area contributed by atoms with Crippen molar-refractivity contribution >= 4 is 18.3 Å². The Morgan fingerprint density at radius 2 is 2.06 bits per heavy atom. The zero-order chi connectivity index (χ0) is 11.4. The highest BCUT2D eigenvalue weighted by Gasteiger charge is 2.34. The van der Waals surface area contributed by atoms with E-state index in [4.69, 9.17) is 10.5 Å². The van der Waals surface area contributed by atoms with Crippen LogP contribution in [0.25, 0.3) is 0 Å². The molecule has 0 heterocycles. The number of halogens is 1. The van der Waals surface area contributed by atoms with E-state index >= 15 is 0 Å². The number of amides is 1. The van der Waals surface area contributed by atoms with E-state index in [-0.39, 0.29) is 30.5 Å². The fourth-order valence-corrected chi connectivity index (χ4v) is 1.83. The average Bonchev–Trinajstić information content (AvgIpc) is 2.98. The summed E-state index contributed by atoms with van der Waals surface area (Å²) >= 11 is 0. The van der Waals surface area contributed by atoms with Crippen molar-refractivity contribution in [3.8, 4) is 0 Å². The molecule has 1 amide bonds. The van der Waals surface area contributed by atoms with Crippen molar-refractivity contribution in [1.82, 2.24) is 4.90 Å². The molecule has 4 nitrogen and oxygen atoms in total. The molecule has 1 fully saturated rings. The molecule has 1 aliphatic carbocycles. The second-order valence-electron chi connectivity index (χ2n) is 4.42. The summed E-state index contributed by atoms with van der Waals surface area (Å²) < 4.78 is 5.13. The summed E-state index contributed by atoms with van der Waals surface area (Å²) in [7, 11) is 1.60. The van der Waals surface area contributed by atoms with Gasteiger partial charge in [0.15, 0.2) is 0 Å². The minimum absolute atomic E-state index is 0. The Hall–Kier alpha value is -0.320. The van der Waals surface area contributed by atoms with E-state index in [1.54, 1.807) is 7.11 Å². The van der Waals surface area contributed by atoms with Crippen molar-refractivity contribution < 1.29 is 9.53 Å². The maximum absolute atomic E-state index is 12.0. The molecule has 1 rings (SSSR count). The molecular weight excluding hydrogens is 228 g/mol. The molecule has 0 bridgehead atoms. The van der Waals surface area contributed by atoms with Crippen LogP contribution in [0.5, 0.6) is 0 Å². The quantitative estimate of drug-likeness (QED) is 0.770. The van der Waals surface area contributed by atoms with Crippen molar-refractivity contribution in [2.45, 2.75) is 51.3 Å². The van der Waals surface area contributed by atoms with Crippen LogP contribution in [0.15, 0.2) is 0 Å². The molecular formula is C11H23ClN2O2. The van der Waals surface area contributed by atoms with Crippen LogP contribution >= 0.6 is 12.4 Å². The Balaban J connectivity index is 0.00000225. The highest BCUT2D eigenvalue weighted by Crippen LogP contribution is 2.29. The van der Waals surface area contributed by atoms with Gasteiger partial charge < -0.3 is 15.4 Å². The molecule has 0 saturated heterocycles. The maximum atomic E-state index is 12.0. The number of carbonyl (C=O) groups excluding carboxylic acids is 1. The minimum Gasteiger partial charge on any atom is -0.380 e. The van der Waals surface area contributed by atoms with Gasteiger partial charge in [0.25, 0.3) is 0 Å². The van der Waals surface area contributed by atoms with Gasteiger partial charge in [0, 0.05) is 25.7 Å². The lowest BCUT2D eigenvalue weighted by Gasteiger charge is -2.28. The van der Waals surface area contributed by atoms with Crippen LogP contribution in [-0.4, -0.2) is 42.6 Å². The second kappa shape index (κ2) is 7.09. The lowest BCUT2D eigenvalue weighted by molar-refractivity contribution is -0.136. The SMILES string of the molecule is COC(CN)CC(=O)N(C(C)C)C1CC1.Cl. The Bertz CT molecular complexity index is 214. The summed E-state index contributed by atoms with van der Waals surface area (Å²) in [6.45, 7) is 4.51. The van der Waals surface area contributed by atoms with E-state index in [2.05, 4.69) is 13.8 Å². The lowest BCUT2D eigenvalue weighted by atomic mass is 10.2. The van der Waals surface area contributed by atoms with Crippen molar-refractivity contribution in [2.75, 3.05) is 13.7 Å². The predicted octanol–water partition coefficient (Wildman–Crippen LogP) is 1.17. The first kappa shape index (κ1) is 15.7. The third-order valence-electron chi connectivity index (χ3n) is 2.78. The molecule has 2 N–H and O–H groups in total. The largest absolute Gasteiger partial charge is 0.380 e. The van der Waals surface area contributed by atoms with E-state index < -0.39 is 0 Å². The number of ether oxygens (including phenoxy) is 1. The molecule has 5 heteroatoms. The summed E-state index contributed by atoms with van der Waals surface area (Å²) in [4.78, 5) is 14.0. The molecule has 0 aromatic rings. The molecule has 1 saturated carbocycles. The third-order valence-corrected chi connectivity index (χ3v) is 2.78. The van der Waals surface area contributed by atoms with Crippen LogP contribution in [0.4, 0.5) is 0 Å². The molecule has 0 aromatic carbocycles. The van der Waals surface area contributed by atoms with Crippen LogP contribution in [0.3, 0.4) is 0 Å². The molecule has 0 aromatic heterocycles. The average molecular weight is 251 g/mol. The third kappa shape index (κ3) is 4.28.